The summed E-state index contributed by atoms with van der Waals surface area (Å²) in [6.45, 7) is 0. The normalized spacial score (nSPS) is 11.3. The maximum atomic E-state index is 6.57. The van der Waals surface area contributed by atoms with Crippen LogP contribution in [0.3, 0.4) is 0 Å². The van der Waals surface area contributed by atoms with Crippen LogP contribution < -0.4 is 0 Å². The molecule has 8 rings (SSSR count). The van der Waals surface area contributed by atoms with Gasteiger partial charge in [0.1, 0.15) is 11.2 Å². The summed E-state index contributed by atoms with van der Waals surface area (Å²) in [4.78, 5) is 19.0. The van der Waals surface area contributed by atoms with Crippen LogP contribution in [0.1, 0.15) is 0 Å². The highest BCUT2D eigenvalue weighted by atomic mass is 16.3. The number of fused-ring (bicyclic) bond motifs is 3. The van der Waals surface area contributed by atoms with E-state index in [1.165, 1.54) is 0 Å². The number of furan rings is 1. The summed E-state index contributed by atoms with van der Waals surface area (Å²) in [5, 5.41) is 2.00. The molecule has 8 aromatic rings. The van der Waals surface area contributed by atoms with Gasteiger partial charge in [-0.15, -0.1) is 0 Å². The third-order valence-electron chi connectivity index (χ3n) is 7.67. The van der Waals surface area contributed by atoms with E-state index in [-0.39, 0.29) is 0 Å². The Morgan fingerprint density at radius 2 is 0.953 bits per heavy atom. The highest BCUT2D eigenvalue weighted by molar-refractivity contribution is 6.15. The Morgan fingerprint density at radius 3 is 1.63 bits per heavy atom. The highest BCUT2D eigenvalue weighted by Crippen LogP contribution is 2.40. The van der Waals surface area contributed by atoms with Crippen molar-refractivity contribution < 1.29 is 4.42 Å². The molecule has 43 heavy (non-hydrogen) atoms. The van der Waals surface area contributed by atoms with Crippen LogP contribution in [0.4, 0.5) is 0 Å². The van der Waals surface area contributed by atoms with E-state index in [1.54, 1.807) is 0 Å². The fourth-order valence-electron chi connectivity index (χ4n) is 5.58. The largest absolute Gasteiger partial charge is 0.455 e. The SMILES string of the molecule is c1ccc(-c2nc(-c3ccccc3)nc(-c3cccc4oc5c(-c6ccc(-c7ccncc7)cc6)cccc5c34)n2)cc1. The lowest BCUT2D eigenvalue weighted by Gasteiger charge is -2.09. The maximum Gasteiger partial charge on any atom is 0.164 e. The zero-order chi connectivity index (χ0) is 28.6. The molecular formula is C38H24N4O. The standard InChI is InChI=1S/C38H24N4O/c1-3-9-28(10-4-1)36-40-37(29-11-5-2-6-12-29)42-38(41-36)32-15-8-16-33-34(32)31-14-7-13-30(35(31)43-33)27-19-17-25(18-20-27)26-21-23-39-24-22-26/h1-24H. The number of aromatic nitrogens is 4. The second-order valence-corrected chi connectivity index (χ2v) is 10.3. The Bertz CT molecular complexity index is 2150. The molecule has 0 saturated carbocycles. The summed E-state index contributed by atoms with van der Waals surface area (Å²) < 4.78 is 6.57. The minimum Gasteiger partial charge on any atom is -0.455 e. The molecule has 0 aliphatic carbocycles. The van der Waals surface area contributed by atoms with Gasteiger partial charge in [0.15, 0.2) is 17.5 Å². The topological polar surface area (TPSA) is 64.7 Å². The Labute approximate surface area is 248 Å². The third-order valence-corrected chi connectivity index (χ3v) is 7.67. The van der Waals surface area contributed by atoms with Gasteiger partial charge in [0.05, 0.1) is 0 Å². The van der Waals surface area contributed by atoms with Crippen molar-refractivity contribution >= 4 is 21.9 Å². The average molecular weight is 553 g/mol. The number of hydrogen-bond donors (Lipinski definition) is 0. The fraction of sp³-hybridized carbons (Fsp3) is 0. The van der Waals surface area contributed by atoms with Gasteiger partial charge in [-0.05, 0) is 34.9 Å². The molecule has 5 heteroatoms. The predicted octanol–water partition coefficient (Wildman–Crippen LogP) is 9.50. The van der Waals surface area contributed by atoms with E-state index < -0.39 is 0 Å². The molecule has 5 nitrogen and oxygen atoms in total. The predicted molar refractivity (Wildman–Crippen MR) is 172 cm³/mol. The van der Waals surface area contributed by atoms with Crippen molar-refractivity contribution in [2.45, 2.75) is 0 Å². The van der Waals surface area contributed by atoms with E-state index in [9.17, 15) is 0 Å². The minimum absolute atomic E-state index is 0.605. The molecule has 0 spiro atoms. The maximum absolute atomic E-state index is 6.57. The quantitative estimate of drug-likeness (QED) is 0.213. The van der Waals surface area contributed by atoms with E-state index in [1.807, 2.05) is 97.3 Å². The first-order chi connectivity index (χ1) is 21.3. The van der Waals surface area contributed by atoms with Gasteiger partial charge >= 0.3 is 0 Å². The van der Waals surface area contributed by atoms with Crippen LogP contribution in [0.25, 0.3) is 78.4 Å². The smallest absolute Gasteiger partial charge is 0.164 e. The van der Waals surface area contributed by atoms with Crippen molar-refractivity contribution in [1.29, 1.82) is 0 Å². The molecule has 0 aliphatic rings. The molecule has 5 aromatic carbocycles. The van der Waals surface area contributed by atoms with Crippen LogP contribution in [0.2, 0.25) is 0 Å². The van der Waals surface area contributed by atoms with Gasteiger partial charge in [0.25, 0.3) is 0 Å². The first kappa shape index (κ1) is 24.8. The van der Waals surface area contributed by atoms with Gasteiger partial charge in [0.2, 0.25) is 0 Å². The molecule has 0 N–H and O–H groups in total. The monoisotopic (exact) mass is 552 g/mol. The zero-order valence-corrected chi connectivity index (χ0v) is 23.1. The average Bonchev–Trinajstić information content (AvgIpc) is 3.49. The summed E-state index contributed by atoms with van der Waals surface area (Å²) in [5.41, 5.74) is 8.79. The Hall–Kier alpha value is -5.94. The summed E-state index contributed by atoms with van der Waals surface area (Å²) in [6.07, 6.45) is 3.63. The van der Waals surface area contributed by atoms with Crippen molar-refractivity contribution in [2.24, 2.45) is 0 Å². The lowest BCUT2D eigenvalue weighted by molar-refractivity contribution is 0.670. The molecule has 0 bridgehead atoms. The Balaban J connectivity index is 1.30. The van der Waals surface area contributed by atoms with E-state index in [0.717, 1.165) is 60.9 Å². The van der Waals surface area contributed by atoms with Gasteiger partial charge in [-0.1, -0.05) is 115 Å². The fourth-order valence-corrected chi connectivity index (χ4v) is 5.58. The lowest BCUT2D eigenvalue weighted by atomic mass is 9.98. The van der Waals surface area contributed by atoms with E-state index in [4.69, 9.17) is 19.4 Å². The number of pyridine rings is 1. The van der Waals surface area contributed by atoms with Crippen LogP contribution in [0.15, 0.2) is 150 Å². The van der Waals surface area contributed by atoms with Crippen molar-refractivity contribution in [3.05, 3.63) is 146 Å². The van der Waals surface area contributed by atoms with Crippen molar-refractivity contribution in [2.75, 3.05) is 0 Å². The lowest BCUT2D eigenvalue weighted by Crippen LogP contribution is -2.00. The summed E-state index contributed by atoms with van der Waals surface area (Å²) in [6, 6.07) is 45.0. The first-order valence-electron chi connectivity index (χ1n) is 14.1. The molecular weight excluding hydrogens is 528 g/mol. The van der Waals surface area contributed by atoms with Crippen LogP contribution >= 0.6 is 0 Å². The zero-order valence-electron chi connectivity index (χ0n) is 23.1. The first-order valence-corrected chi connectivity index (χ1v) is 14.1. The van der Waals surface area contributed by atoms with Gasteiger partial charge in [-0.2, -0.15) is 0 Å². The second-order valence-electron chi connectivity index (χ2n) is 10.3. The molecule has 0 atom stereocenters. The number of para-hydroxylation sites is 1. The highest BCUT2D eigenvalue weighted by Gasteiger charge is 2.19. The molecule has 202 valence electrons. The summed E-state index contributed by atoms with van der Waals surface area (Å²) >= 11 is 0. The molecule has 0 unspecified atom stereocenters. The van der Waals surface area contributed by atoms with Gasteiger partial charge in [-0.25, -0.2) is 15.0 Å². The van der Waals surface area contributed by atoms with Crippen LogP contribution in [-0.2, 0) is 0 Å². The van der Waals surface area contributed by atoms with Crippen LogP contribution in [0.5, 0.6) is 0 Å². The Morgan fingerprint density at radius 1 is 0.395 bits per heavy atom. The third kappa shape index (κ3) is 4.53. The summed E-state index contributed by atoms with van der Waals surface area (Å²) in [5.74, 6) is 1.86. The number of rotatable bonds is 5. The Kier molecular flexibility index (Phi) is 6.05. The van der Waals surface area contributed by atoms with Gasteiger partial charge < -0.3 is 4.42 Å². The van der Waals surface area contributed by atoms with E-state index in [2.05, 4.69) is 53.5 Å². The number of hydrogen-bond acceptors (Lipinski definition) is 5. The molecule has 0 aliphatic heterocycles. The molecule has 3 aromatic heterocycles. The second kappa shape index (κ2) is 10.5. The van der Waals surface area contributed by atoms with Gasteiger partial charge in [0, 0.05) is 45.4 Å². The van der Waals surface area contributed by atoms with Gasteiger partial charge in [-0.3, -0.25) is 4.98 Å². The van der Waals surface area contributed by atoms with E-state index >= 15 is 0 Å². The molecule has 0 saturated heterocycles. The molecule has 0 radical (unpaired) electrons. The number of nitrogens with zero attached hydrogens (tertiary/aromatic N) is 4. The van der Waals surface area contributed by atoms with Crippen LogP contribution in [-0.4, -0.2) is 19.9 Å². The molecule has 0 fully saturated rings. The number of benzene rings is 5. The molecule has 0 amide bonds. The van der Waals surface area contributed by atoms with Crippen LogP contribution in [0, 0.1) is 0 Å². The van der Waals surface area contributed by atoms with Crippen molar-refractivity contribution in [3.63, 3.8) is 0 Å². The molecule has 3 heterocycles. The van der Waals surface area contributed by atoms with Crippen molar-refractivity contribution in [3.8, 4) is 56.4 Å². The minimum atomic E-state index is 0.605. The van der Waals surface area contributed by atoms with E-state index in [0.29, 0.717) is 17.5 Å². The van der Waals surface area contributed by atoms with Crippen molar-refractivity contribution in [1.82, 2.24) is 19.9 Å². The summed E-state index contributed by atoms with van der Waals surface area (Å²) in [7, 11) is 0.